The quantitative estimate of drug-likeness (QED) is 0.330. The predicted octanol–water partition coefficient (Wildman–Crippen LogP) is 4.93. The van der Waals surface area contributed by atoms with Crippen LogP contribution >= 0.6 is 0 Å². The summed E-state index contributed by atoms with van der Waals surface area (Å²) in [6, 6.07) is 0. The molecule has 0 bridgehead atoms. The maximum absolute atomic E-state index is 10.3. The van der Waals surface area contributed by atoms with Crippen LogP contribution in [0.2, 0.25) is 0 Å². The summed E-state index contributed by atoms with van der Waals surface area (Å²) in [6.45, 7) is 3.22. The van der Waals surface area contributed by atoms with E-state index in [9.17, 15) is 4.79 Å². The fraction of sp³-hybridized carbons (Fsp3) is 0.947. The molecule has 0 aromatic carbocycles. The molecule has 4 heteroatoms. The minimum Gasteiger partial charge on any atom is -0.481 e. The molecule has 0 aromatic rings. The van der Waals surface area contributed by atoms with E-state index in [0.29, 0.717) is 6.42 Å². The highest BCUT2D eigenvalue weighted by Gasteiger charge is 2.19. The van der Waals surface area contributed by atoms with Crippen molar-refractivity contribution in [1.82, 2.24) is 0 Å². The van der Waals surface area contributed by atoms with E-state index in [4.69, 9.17) is 10.2 Å². The highest BCUT2D eigenvalue weighted by Crippen LogP contribution is 2.12. The molecule has 1 unspecified atom stereocenters. The number of hydrogen-bond donors (Lipinski definition) is 2. The van der Waals surface area contributed by atoms with Gasteiger partial charge in [0.25, 0.3) is 0 Å². The molecule has 4 nitrogen and oxygen atoms in total. The fourth-order valence-corrected chi connectivity index (χ4v) is 2.47. The molecule has 1 aliphatic heterocycles. The molecular formula is C19H38O4. The van der Waals surface area contributed by atoms with Crippen molar-refractivity contribution in [1.29, 1.82) is 0 Å². The van der Waals surface area contributed by atoms with Gasteiger partial charge >= 0.3 is 5.97 Å². The number of hydrogen-bond acceptors (Lipinski definition) is 3. The summed E-state index contributed by atoms with van der Waals surface area (Å²) in [5.41, 5.74) is 0. The number of unbranched alkanes of at least 4 members (excludes halogenated alkanes) is 12. The van der Waals surface area contributed by atoms with Crippen molar-refractivity contribution in [3.05, 3.63) is 0 Å². The first-order chi connectivity index (χ1) is 11.2. The molecule has 0 aliphatic carbocycles. The van der Waals surface area contributed by atoms with Crippen molar-refractivity contribution >= 4 is 5.97 Å². The van der Waals surface area contributed by atoms with E-state index in [2.05, 4.69) is 11.7 Å². The van der Waals surface area contributed by atoms with Crippen LogP contribution in [-0.4, -0.2) is 35.5 Å². The van der Waals surface area contributed by atoms with E-state index in [-0.39, 0.29) is 12.7 Å². The van der Waals surface area contributed by atoms with Crippen molar-refractivity contribution in [2.45, 2.75) is 103 Å². The summed E-state index contributed by atoms with van der Waals surface area (Å²) >= 11 is 0. The van der Waals surface area contributed by atoms with Crippen LogP contribution in [-0.2, 0) is 9.53 Å². The number of ether oxygens (including phenoxy) is 1. The lowest BCUT2D eigenvalue weighted by molar-refractivity contribution is -0.137. The van der Waals surface area contributed by atoms with Gasteiger partial charge in [0, 0.05) is 6.42 Å². The summed E-state index contributed by atoms with van der Waals surface area (Å²) in [7, 11) is 0. The molecule has 138 valence electrons. The zero-order valence-electron chi connectivity index (χ0n) is 15.1. The summed E-state index contributed by atoms with van der Waals surface area (Å²) in [4.78, 5) is 10.3. The molecule has 0 aromatic heterocycles. The third kappa shape index (κ3) is 21.4. The minimum atomic E-state index is -0.655. The Balaban J connectivity index is 0.000000809. The van der Waals surface area contributed by atoms with Gasteiger partial charge in [-0.25, -0.2) is 0 Å². The second-order valence-corrected chi connectivity index (χ2v) is 6.52. The van der Waals surface area contributed by atoms with E-state index in [1.54, 1.807) is 0 Å². The van der Waals surface area contributed by atoms with E-state index in [1.807, 2.05) is 0 Å². The molecule has 2 N–H and O–H groups in total. The second-order valence-electron chi connectivity index (χ2n) is 6.52. The number of rotatable bonds is 15. The third-order valence-electron chi connectivity index (χ3n) is 4.10. The van der Waals surface area contributed by atoms with Crippen LogP contribution in [0, 0.1) is 0 Å². The topological polar surface area (TPSA) is 70.1 Å². The van der Waals surface area contributed by atoms with Crippen molar-refractivity contribution in [2.75, 3.05) is 13.2 Å². The monoisotopic (exact) mass is 330 g/mol. The van der Waals surface area contributed by atoms with Crippen LogP contribution in [0.1, 0.15) is 96.8 Å². The van der Waals surface area contributed by atoms with Gasteiger partial charge in [-0.3, -0.25) is 4.79 Å². The molecule has 1 heterocycles. The van der Waals surface area contributed by atoms with E-state index in [0.717, 1.165) is 19.4 Å². The van der Waals surface area contributed by atoms with Crippen molar-refractivity contribution in [2.24, 2.45) is 0 Å². The minimum absolute atomic E-state index is 0.190. The van der Waals surface area contributed by atoms with Gasteiger partial charge in [-0.2, -0.15) is 0 Å². The van der Waals surface area contributed by atoms with Crippen LogP contribution in [0.4, 0.5) is 0 Å². The maximum atomic E-state index is 10.3. The highest BCUT2D eigenvalue weighted by atomic mass is 16.6. The maximum Gasteiger partial charge on any atom is 0.303 e. The van der Waals surface area contributed by atoms with Crippen LogP contribution in [0.5, 0.6) is 0 Å². The highest BCUT2D eigenvalue weighted by molar-refractivity contribution is 5.66. The molecule has 0 spiro atoms. The van der Waals surface area contributed by atoms with Gasteiger partial charge in [0.05, 0.1) is 13.2 Å². The van der Waals surface area contributed by atoms with Gasteiger partial charge < -0.3 is 14.9 Å². The first kappa shape index (κ1) is 22.4. The molecule has 1 aliphatic rings. The van der Waals surface area contributed by atoms with E-state index < -0.39 is 5.97 Å². The van der Waals surface area contributed by atoms with E-state index in [1.165, 1.54) is 70.6 Å². The Bertz CT molecular complexity index is 252. The molecule has 0 amide bonds. The average Bonchev–Trinajstić information content (AvgIpc) is 3.36. The lowest BCUT2D eigenvalue weighted by Gasteiger charge is -2.02. The van der Waals surface area contributed by atoms with Gasteiger partial charge in [0.2, 0.25) is 0 Å². The molecule has 0 radical (unpaired) electrons. The number of carboxylic acid groups (broad SMARTS) is 1. The summed E-state index contributed by atoms with van der Waals surface area (Å²) in [6.07, 6.45) is 17.5. The molecule has 1 atom stereocenters. The van der Waals surface area contributed by atoms with Crippen LogP contribution in [0.15, 0.2) is 0 Å². The zero-order valence-corrected chi connectivity index (χ0v) is 15.1. The van der Waals surface area contributed by atoms with Crippen molar-refractivity contribution in [3.63, 3.8) is 0 Å². The molecule has 0 saturated carbocycles. The third-order valence-corrected chi connectivity index (χ3v) is 4.10. The Morgan fingerprint density at radius 3 is 1.52 bits per heavy atom. The lowest BCUT2D eigenvalue weighted by atomic mass is 10.0. The zero-order chi connectivity index (χ0) is 17.2. The SMILES string of the molecule is CCCCCCCCCCCCCCCC(=O)O.OCC1CO1. The summed E-state index contributed by atoms with van der Waals surface area (Å²) in [5.74, 6) is -0.655. The number of epoxide rings is 1. The van der Waals surface area contributed by atoms with Crippen LogP contribution < -0.4 is 0 Å². The van der Waals surface area contributed by atoms with Gasteiger partial charge in [-0.05, 0) is 6.42 Å². The molecular weight excluding hydrogens is 292 g/mol. The number of aliphatic carboxylic acids is 1. The Hall–Kier alpha value is -0.610. The first-order valence-corrected chi connectivity index (χ1v) is 9.65. The summed E-state index contributed by atoms with van der Waals surface area (Å²) < 4.78 is 4.61. The van der Waals surface area contributed by atoms with Crippen LogP contribution in [0.3, 0.4) is 0 Å². The van der Waals surface area contributed by atoms with Crippen molar-refractivity contribution in [3.8, 4) is 0 Å². The number of aliphatic hydroxyl groups is 1. The molecule has 1 saturated heterocycles. The Morgan fingerprint density at radius 2 is 1.26 bits per heavy atom. The number of aliphatic hydroxyl groups excluding tert-OH is 1. The van der Waals surface area contributed by atoms with Gasteiger partial charge in [0.15, 0.2) is 0 Å². The van der Waals surface area contributed by atoms with Gasteiger partial charge in [-0.1, -0.05) is 84.0 Å². The standard InChI is InChI=1S/C16H32O2.C3H6O2/c1-2-3-4-5-6-7-8-9-10-11-12-13-14-15-16(17)18;4-1-3-2-5-3/h2-15H2,1H3,(H,17,18);3-4H,1-2H2. The van der Waals surface area contributed by atoms with Gasteiger partial charge in [-0.15, -0.1) is 0 Å². The average molecular weight is 331 g/mol. The fourth-order valence-electron chi connectivity index (χ4n) is 2.47. The molecule has 1 rings (SSSR count). The van der Waals surface area contributed by atoms with Gasteiger partial charge in [0.1, 0.15) is 6.10 Å². The largest absolute Gasteiger partial charge is 0.481 e. The number of carbonyl (C=O) groups is 1. The first-order valence-electron chi connectivity index (χ1n) is 9.65. The van der Waals surface area contributed by atoms with Crippen molar-refractivity contribution < 1.29 is 19.7 Å². The Labute approximate surface area is 142 Å². The van der Waals surface area contributed by atoms with E-state index >= 15 is 0 Å². The Morgan fingerprint density at radius 1 is 0.870 bits per heavy atom. The second kappa shape index (κ2) is 17.7. The smallest absolute Gasteiger partial charge is 0.303 e. The Kier molecular flexibility index (Phi) is 17.3. The summed E-state index contributed by atoms with van der Waals surface area (Å²) in [5, 5.41) is 16.6. The lowest BCUT2D eigenvalue weighted by Crippen LogP contribution is -1.93. The molecule has 1 fully saturated rings. The van der Waals surface area contributed by atoms with Crippen LogP contribution in [0.25, 0.3) is 0 Å². The number of carboxylic acids is 1. The molecule has 23 heavy (non-hydrogen) atoms. The normalized spacial score (nSPS) is 15.8. The predicted molar refractivity (Wildman–Crippen MR) is 94.8 cm³/mol.